The summed E-state index contributed by atoms with van der Waals surface area (Å²) in [6.45, 7) is 4.23. The predicted molar refractivity (Wildman–Crippen MR) is 68.9 cm³/mol. The molecule has 1 rings (SSSR count). The van der Waals surface area contributed by atoms with Crippen LogP contribution in [0.1, 0.15) is 26.2 Å². The average molecular weight is 221 g/mol. The molecule has 0 bridgehead atoms. The topological polar surface area (TPSA) is 21.3 Å². The van der Waals surface area contributed by atoms with Crippen molar-refractivity contribution < 1.29 is 4.74 Å². The minimum absolute atomic E-state index is 0.765. The second kappa shape index (κ2) is 8.17. The summed E-state index contributed by atoms with van der Waals surface area (Å²) in [6, 6.07) is 10.0. The number of para-hydroxylation sites is 1. The molecule has 2 heteroatoms. The fourth-order valence-electron chi connectivity index (χ4n) is 1.75. The molecule has 1 aromatic rings. The molecule has 0 saturated heterocycles. The maximum Gasteiger partial charge on any atom is 0.119 e. The van der Waals surface area contributed by atoms with Crippen molar-refractivity contribution in [1.82, 2.24) is 5.32 Å². The first kappa shape index (κ1) is 13.0. The van der Waals surface area contributed by atoms with Gasteiger partial charge >= 0.3 is 0 Å². The first-order valence-electron chi connectivity index (χ1n) is 6.15. The van der Waals surface area contributed by atoms with E-state index < -0.39 is 0 Å². The fraction of sp³-hybridized carbons (Fsp3) is 0.571. The van der Waals surface area contributed by atoms with Crippen LogP contribution in [0.5, 0.6) is 5.75 Å². The van der Waals surface area contributed by atoms with E-state index in [9.17, 15) is 0 Å². The zero-order valence-corrected chi connectivity index (χ0v) is 10.4. The van der Waals surface area contributed by atoms with Crippen molar-refractivity contribution in [3.8, 4) is 5.75 Å². The van der Waals surface area contributed by atoms with Crippen LogP contribution in [-0.4, -0.2) is 20.2 Å². The molecule has 0 radical (unpaired) electrons. The number of unbranched alkanes of at least 4 members (excludes halogenated alkanes) is 1. The van der Waals surface area contributed by atoms with Crippen molar-refractivity contribution in [3.05, 3.63) is 30.3 Å². The molecular formula is C14H23NO. The molecule has 1 unspecified atom stereocenters. The molecule has 1 N–H and O–H groups in total. The second-order valence-corrected chi connectivity index (χ2v) is 4.32. The Morgan fingerprint density at radius 2 is 1.94 bits per heavy atom. The van der Waals surface area contributed by atoms with E-state index >= 15 is 0 Å². The minimum atomic E-state index is 0.765. The van der Waals surface area contributed by atoms with Gasteiger partial charge in [-0.1, -0.05) is 25.1 Å². The first-order chi connectivity index (χ1) is 7.83. The van der Waals surface area contributed by atoms with Crippen molar-refractivity contribution in [1.29, 1.82) is 0 Å². The van der Waals surface area contributed by atoms with Crippen LogP contribution >= 0.6 is 0 Å². The molecule has 0 spiro atoms. The van der Waals surface area contributed by atoms with Crippen molar-refractivity contribution in [3.63, 3.8) is 0 Å². The molecule has 0 heterocycles. The summed E-state index contributed by atoms with van der Waals surface area (Å²) >= 11 is 0. The molecule has 0 aliphatic heterocycles. The van der Waals surface area contributed by atoms with Gasteiger partial charge in [-0.25, -0.2) is 0 Å². The molecule has 0 aliphatic carbocycles. The van der Waals surface area contributed by atoms with E-state index in [2.05, 4.69) is 12.2 Å². The summed E-state index contributed by atoms with van der Waals surface area (Å²) in [5.74, 6) is 1.74. The van der Waals surface area contributed by atoms with Gasteiger partial charge in [0.05, 0.1) is 6.61 Å². The number of hydrogen-bond acceptors (Lipinski definition) is 2. The molecule has 90 valence electrons. The number of ether oxygens (including phenoxy) is 1. The van der Waals surface area contributed by atoms with E-state index in [0.717, 1.165) is 31.2 Å². The van der Waals surface area contributed by atoms with Gasteiger partial charge in [0, 0.05) is 0 Å². The van der Waals surface area contributed by atoms with E-state index in [4.69, 9.17) is 4.74 Å². The van der Waals surface area contributed by atoms with E-state index in [0.29, 0.717) is 0 Å². The maximum absolute atomic E-state index is 5.63. The lowest BCUT2D eigenvalue weighted by Crippen LogP contribution is -2.16. The molecule has 0 aromatic heterocycles. The third-order valence-electron chi connectivity index (χ3n) is 2.66. The Bertz CT molecular complexity index is 261. The number of nitrogens with one attached hydrogen (secondary N) is 1. The lowest BCUT2D eigenvalue weighted by Gasteiger charge is -2.10. The van der Waals surface area contributed by atoms with Gasteiger partial charge in [-0.3, -0.25) is 0 Å². The summed E-state index contributed by atoms with van der Waals surface area (Å²) in [7, 11) is 2.01. The van der Waals surface area contributed by atoms with Crippen LogP contribution in [0.15, 0.2) is 30.3 Å². The Morgan fingerprint density at radius 3 is 2.62 bits per heavy atom. The summed E-state index contributed by atoms with van der Waals surface area (Å²) in [6.07, 6.45) is 3.66. The van der Waals surface area contributed by atoms with Crippen LogP contribution in [0.25, 0.3) is 0 Å². The van der Waals surface area contributed by atoms with Gasteiger partial charge in [0.25, 0.3) is 0 Å². The lowest BCUT2D eigenvalue weighted by atomic mass is 10.0. The maximum atomic E-state index is 5.63. The molecule has 0 aliphatic rings. The van der Waals surface area contributed by atoms with Crippen LogP contribution in [-0.2, 0) is 0 Å². The van der Waals surface area contributed by atoms with Gasteiger partial charge in [0.1, 0.15) is 5.75 Å². The predicted octanol–water partition coefficient (Wildman–Crippen LogP) is 3.09. The van der Waals surface area contributed by atoms with Gasteiger partial charge in [0.2, 0.25) is 0 Å². The van der Waals surface area contributed by atoms with Crippen LogP contribution in [0.2, 0.25) is 0 Å². The Morgan fingerprint density at radius 1 is 1.19 bits per heavy atom. The summed E-state index contributed by atoms with van der Waals surface area (Å²) in [4.78, 5) is 0. The van der Waals surface area contributed by atoms with Gasteiger partial charge in [-0.15, -0.1) is 0 Å². The summed E-state index contributed by atoms with van der Waals surface area (Å²) in [5.41, 5.74) is 0. The summed E-state index contributed by atoms with van der Waals surface area (Å²) in [5, 5.41) is 3.20. The molecule has 0 fully saturated rings. The normalized spacial score (nSPS) is 12.4. The fourth-order valence-corrected chi connectivity index (χ4v) is 1.75. The lowest BCUT2D eigenvalue weighted by molar-refractivity contribution is 0.300. The van der Waals surface area contributed by atoms with Crippen LogP contribution in [0.4, 0.5) is 0 Å². The molecule has 0 saturated carbocycles. The van der Waals surface area contributed by atoms with Crippen molar-refractivity contribution in [2.75, 3.05) is 20.2 Å². The SMILES string of the molecule is CNCC(C)CCCCOc1ccccc1. The second-order valence-electron chi connectivity index (χ2n) is 4.32. The average Bonchev–Trinajstić information content (AvgIpc) is 2.30. The molecule has 16 heavy (non-hydrogen) atoms. The largest absolute Gasteiger partial charge is 0.494 e. The Kier molecular flexibility index (Phi) is 6.66. The van der Waals surface area contributed by atoms with Gasteiger partial charge in [-0.05, 0) is 50.9 Å². The Balaban J connectivity index is 2.00. The van der Waals surface area contributed by atoms with Crippen molar-refractivity contribution in [2.45, 2.75) is 26.2 Å². The molecular weight excluding hydrogens is 198 g/mol. The monoisotopic (exact) mass is 221 g/mol. The van der Waals surface area contributed by atoms with E-state index in [1.807, 2.05) is 37.4 Å². The van der Waals surface area contributed by atoms with E-state index in [1.165, 1.54) is 12.8 Å². The molecule has 1 aromatic carbocycles. The Hall–Kier alpha value is -1.02. The molecule has 1 atom stereocenters. The van der Waals surface area contributed by atoms with Crippen molar-refractivity contribution in [2.24, 2.45) is 5.92 Å². The number of hydrogen-bond donors (Lipinski definition) is 1. The highest BCUT2D eigenvalue weighted by molar-refractivity contribution is 5.20. The minimum Gasteiger partial charge on any atom is -0.494 e. The first-order valence-corrected chi connectivity index (χ1v) is 6.15. The van der Waals surface area contributed by atoms with E-state index in [1.54, 1.807) is 0 Å². The quantitative estimate of drug-likeness (QED) is 0.681. The van der Waals surface area contributed by atoms with Gasteiger partial charge in [0.15, 0.2) is 0 Å². The van der Waals surface area contributed by atoms with Crippen LogP contribution in [0, 0.1) is 5.92 Å². The van der Waals surface area contributed by atoms with Gasteiger partial charge < -0.3 is 10.1 Å². The summed E-state index contributed by atoms with van der Waals surface area (Å²) < 4.78 is 5.63. The smallest absolute Gasteiger partial charge is 0.119 e. The van der Waals surface area contributed by atoms with Crippen LogP contribution in [0.3, 0.4) is 0 Å². The third kappa shape index (κ3) is 5.76. The van der Waals surface area contributed by atoms with Crippen molar-refractivity contribution >= 4 is 0 Å². The third-order valence-corrected chi connectivity index (χ3v) is 2.66. The highest BCUT2D eigenvalue weighted by Crippen LogP contribution is 2.10. The Labute approximate surface area is 99.0 Å². The highest BCUT2D eigenvalue weighted by atomic mass is 16.5. The molecule has 0 amide bonds. The standard InChI is InChI=1S/C14H23NO/c1-13(12-15-2)8-6-7-11-16-14-9-4-3-5-10-14/h3-5,9-10,13,15H,6-8,11-12H2,1-2H3. The number of benzene rings is 1. The van der Waals surface area contributed by atoms with Crippen LogP contribution < -0.4 is 10.1 Å². The zero-order chi connectivity index (χ0) is 11.6. The zero-order valence-electron chi connectivity index (χ0n) is 10.4. The number of rotatable bonds is 8. The van der Waals surface area contributed by atoms with Gasteiger partial charge in [-0.2, -0.15) is 0 Å². The highest BCUT2D eigenvalue weighted by Gasteiger charge is 2.00. The van der Waals surface area contributed by atoms with E-state index in [-0.39, 0.29) is 0 Å². The molecule has 2 nitrogen and oxygen atoms in total.